The Labute approximate surface area is 184 Å². The quantitative estimate of drug-likeness (QED) is 0.448. The lowest BCUT2D eigenvalue weighted by Gasteiger charge is -2.37. The maximum absolute atomic E-state index is 13.5. The highest BCUT2D eigenvalue weighted by Crippen LogP contribution is 2.79. The fraction of sp³-hybridized carbons (Fsp3) is 0.190. The molecule has 0 aliphatic carbocycles. The molecule has 32 heavy (non-hydrogen) atoms. The molecule has 0 saturated carbocycles. The minimum Gasteiger partial charge on any atom is -0.497 e. The smallest absolute Gasteiger partial charge is 0.497 e. The van der Waals surface area contributed by atoms with E-state index < -0.39 is 25.9 Å². The summed E-state index contributed by atoms with van der Waals surface area (Å²) >= 11 is 0. The van der Waals surface area contributed by atoms with Crippen molar-refractivity contribution in [1.29, 1.82) is 0 Å². The van der Waals surface area contributed by atoms with Crippen molar-refractivity contribution in [3.8, 4) is 22.6 Å². The molecule has 1 atom stereocenters. The number of nitrogens with zero attached hydrogens (tertiary/aromatic N) is 1. The van der Waals surface area contributed by atoms with Crippen LogP contribution in [-0.2, 0) is 13.7 Å². The maximum Gasteiger partial charge on any atom is 0.524 e. The molecule has 2 aromatic carbocycles. The third-order valence-corrected chi connectivity index (χ3v) is 9.92. The Kier molecular flexibility index (Phi) is 5.38. The molecule has 170 valence electrons. The van der Waals surface area contributed by atoms with Gasteiger partial charge in [0.25, 0.3) is 0 Å². The van der Waals surface area contributed by atoms with Crippen molar-refractivity contribution in [2.24, 2.45) is 0 Å². The van der Waals surface area contributed by atoms with E-state index in [0.717, 1.165) is 5.56 Å². The van der Waals surface area contributed by atoms with Gasteiger partial charge < -0.3 is 9.47 Å². The number of aromatic nitrogens is 1. The molecule has 1 aliphatic heterocycles. The van der Waals surface area contributed by atoms with Gasteiger partial charge in [0.1, 0.15) is 11.5 Å². The summed E-state index contributed by atoms with van der Waals surface area (Å²) in [7, 11) is -6.65. The number of benzene rings is 2. The Morgan fingerprint density at radius 3 is 2.34 bits per heavy atom. The highest BCUT2D eigenvalue weighted by atomic mass is 32.3. The van der Waals surface area contributed by atoms with E-state index in [0.29, 0.717) is 21.8 Å². The van der Waals surface area contributed by atoms with Crippen molar-refractivity contribution in [3.05, 3.63) is 60.4 Å². The van der Waals surface area contributed by atoms with Crippen molar-refractivity contribution in [1.82, 2.24) is 4.98 Å². The highest BCUT2D eigenvalue weighted by molar-refractivity contribution is 8.33. The first-order chi connectivity index (χ1) is 15.0. The zero-order chi connectivity index (χ0) is 23.3. The minimum absolute atomic E-state index is 0.143. The van der Waals surface area contributed by atoms with Crippen LogP contribution in [0.15, 0.2) is 69.5 Å². The standard InChI is InChI=1S/C21H18F3NO5S2/c1-13-6-7-19-16(9-13)17-10-14(28-2)11-18(29-3)20(17)31(19,15-5-4-8-25-12-15)30-32(26,27)21(22,23)24/h4-12H,1-3H3. The number of pyridine rings is 1. The molecule has 1 aromatic heterocycles. The van der Waals surface area contributed by atoms with Crippen molar-refractivity contribution in [2.45, 2.75) is 27.1 Å². The van der Waals surface area contributed by atoms with E-state index in [2.05, 4.69) is 4.98 Å². The summed E-state index contributed by atoms with van der Waals surface area (Å²) in [5.41, 5.74) is -3.79. The largest absolute Gasteiger partial charge is 0.524 e. The summed E-state index contributed by atoms with van der Waals surface area (Å²) in [6, 6.07) is 11.2. The van der Waals surface area contributed by atoms with Crippen LogP contribution in [0.2, 0.25) is 0 Å². The Morgan fingerprint density at radius 2 is 1.75 bits per heavy atom. The first-order valence-electron chi connectivity index (χ1n) is 9.18. The molecule has 1 aliphatic rings. The van der Waals surface area contributed by atoms with E-state index in [-0.39, 0.29) is 15.5 Å². The third-order valence-electron chi connectivity index (χ3n) is 4.95. The van der Waals surface area contributed by atoms with E-state index in [1.54, 1.807) is 24.3 Å². The van der Waals surface area contributed by atoms with E-state index in [9.17, 15) is 21.6 Å². The van der Waals surface area contributed by atoms with Crippen LogP contribution in [0.5, 0.6) is 11.5 Å². The van der Waals surface area contributed by atoms with Crippen molar-refractivity contribution < 1.29 is 34.7 Å². The van der Waals surface area contributed by atoms with Gasteiger partial charge in [-0.25, -0.2) is 0 Å². The lowest BCUT2D eigenvalue weighted by atomic mass is 10.0. The van der Waals surface area contributed by atoms with Crippen LogP contribution in [0.25, 0.3) is 11.1 Å². The second-order valence-electron chi connectivity index (χ2n) is 6.92. The highest BCUT2D eigenvalue weighted by Gasteiger charge is 2.55. The molecule has 2 heterocycles. The molecule has 0 bridgehead atoms. The van der Waals surface area contributed by atoms with Gasteiger partial charge in [-0.15, -0.1) is 0 Å². The maximum atomic E-state index is 13.5. The molecule has 0 fully saturated rings. The zero-order valence-electron chi connectivity index (χ0n) is 17.1. The van der Waals surface area contributed by atoms with Gasteiger partial charge in [-0.05, 0) is 47.1 Å². The minimum atomic E-state index is -6.00. The van der Waals surface area contributed by atoms with Gasteiger partial charge in [-0.3, -0.25) is 4.98 Å². The molecule has 0 spiro atoms. The molecule has 4 rings (SSSR count). The number of hydrogen-bond donors (Lipinski definition) is 0. The topological polar surface area (TPSA) is 74.7 Å². The number of alkyl halides is 3. The Morgan fingerprint density at radius 1 is 1.00 bits per heavy atom. The van der Waals surface area contributed by atoms with E-state index >= 15 is 0 Å². The zero-order valence-corrected chi connectivity index (χ0v) is 18.8. The fourth-order valence-electron chi connectivity index (χ4n) is 3.60. The average Bonchev–Trinajstić information content (AvgIpc) is 3.02. The summed E-state index contributed by atoms with van der Waals surface area (Å²) in [5.74, 6) is 0.539. The molecule has 3 aromatic rings. The lowest BCUT2D eigenvalue weighted by Crippen LogP contribution is -2.27. The number of fused-ring (bicyclic) bond motifs is 3. The van der Waals surface area contributed by atoms with Crippen molar-refractivity contribution in [3.63, 3.8) is 0 Å². The van der Waals surface area contributed by atoms with Crippen LogP contribution in [0.3, 0.4) is 0 Å². The summed E-state index contributed by atoms with van der Waals surface area (Å²) in [6.07, 6.45) is 2.75. The Hall–Kier alpha value is -2.76. The monoisotopic (exact) mass is 485 g/mol. The molecule has 1 unspecified atom stereocenters. The van der Waals surface area contributed by atoms with Gasteiger partial charge >= 0.3 is 15.6 Å². The molecule has 0 N–H and O–H groups in total. The molecular weight excluding hydrogens is 467 g/mol. The summed E-state index contributed by atoms with van der Waals surface area (Å²) < 4.78 is 81.4. The van der Waals surface area contributed by atoms with Gasteiger partial charge in [-0.1, -0.05) is 17.7 Å². The Balaban J connectivity index is 2.19. The number of aryl methyl sites for hydroxylation is 1. The molecule has 0 radical (unpaired) electrons. The van der Waals surface area contributed by atoms with E-state index in [1.807, 2.05) is 6.92 Å². The summed E-state index contributed by atoms with van der Waals surface area (Å²) in [5, 5.41) is 0. The Bertz CT molecular complexity index is 1300. The molecule has 11 heteroatoms. The van der Waals surface area contributed by atoms with Crippen LogP contribution in [0.4, 0.5) is 13.2 Å². The predicted octanol–water partition coefficient (Wildman–Crippen LogP) is 5.45. The van der Waals surface area contributed by atoms with E-state index in [4.69, 9.17) is 13.1 Å². The van der Waals surface area contributed by atoms with Gasteiger partial charge in [0, 0.05) is 33.8 Å². The first-order valence-corrected chi connectivity index (χ1v) is 12.1. The van der Waals surface area contributed by atoms with Crippen molar-refractivity contribution >= 4 is 20.4 Å². The number of rotatable bonds is 5. The molecule has 0 amide bonds. The van der Waals surface area contributed by atoms with Gasteiger partial charge in [-0.2, -0.15) is 25.2 Å². The van der Waals surface area contributed by atoms with Crippen LogP contribution in [0.1, 0.15) is 5.56 Å². The number of ether oxygens (including phenoxy) is 2. The average molecular weight is 486 g/mol. The number of halogens is 3. The third kappa shape index (κ3) is 3.31. The van der Waals surface area contributed by atoms with Crippen LogP contribution in [0, 0.1) is 6.92 Å². The summed E-state index contributed by atoms with van der Waals surface area (Å²) in [6.45, 7) is 1.82. The molecule has 6 nitrogen and oxygen atoms in total. The van der Waals surface area contributed by atoms with Crippen LogP contribution >= 0.6 is 10.3 Å². The fourth-order valence-corrected chi connectivity index (χ4v) is 8.70. The lowest BCUT2D eigenvalue weighted by molar-refractivity contribution is -0.0496. The number of hydrogen-bond acceptors (Lipinski definition) is 6. The number of methoxy groups -OCH3 is 2. The van der Waals surface area contributed by atoms with Crippen LogP contribution < -0.4 is 9.47 Å². The van der Waals surface area contributed by atoms with Gasteiger partial charge in [0.05, 0.1) is 19.1 Å². The van der Waals surface area contributed by atoms with Crippen molar-refractivity contribution in [2.75, 3.05) is 14.2 Å². The second kappa shape index (κ2) is 7.68. The SMILES string of the molecule is COc1cc(OC)c2c(c1)-c1cc(C)ccc1S2(OS(=O)(=O)C(F)(F)F)c1cccnc1. The second-order valence-corrected chi connectivity index (χ2v) is 11.3. The molecule has 0 saturated heterocycles. The normalized spacial score (nSPS) is 19.6. The molecular formula is C21H18F3NO5S2. The first kappa shape index (κ1) is 22.4. The van der Waals surface area contributed by atoms with Gasteiger partial charge in [0.15, 0.2) is 0 Å². The van der Waals surface area contributed by atoms with Crippen LogP contribution in [-0.4, -0.2) is 33.1 Å². The summed E-state index contributed by atoms with van der Waals surface area (Å²) in [4.78, 5) is 4.69. The van der Waals surface area contributed by atoms with Gasteiger partial charge in [0.2, 0.25) is 0 Å². The predicted molar refractivity (Wildman–Crippen MR) is 112 cm³/mol. The van der Waals surface area contributed by atoms with E-state index in [1.165, 1.54) is 44.8 Å².